The molecule has 2 aromatic heterocycles. The lowest BCUT2D eigenvalue weighted by Crippen LogP contribution is -2.41. The number of halogens is 1. The van der Waals surface area contributed by atoms with Crippen LogP contribution in [0.25, 0.3) is 0 Å². The van der Waals surface area contributed by atoms with Crippen molar-refractivity contribution in [2.24, 2.45) is 5.73 Å². The van der Waals surface area contributed by atoms with Crippen LogP contribution in [0.15, 0.2) is 24.3 Å². The molecule has 3 aromatic rings. The normalized spacial score (nSPS) is 17.2. The lowest BCUT2D eigenvalue weighted by atomic mass is 10.1. The third kappa shape index (κ3) is 7.07. The summed E-state index contributed by atoms with van der Waals surface area (Å²) in [6.45, 7) is 7.50. The van der Waals surface area contributed by atoms with Crippen molar-refractivity contribution >= 4 is 57.8 Å². The van der Waals surface area contributed by atoms with Gasteiger partial charge in [-0.05, 0) is 43.5 Å². The van der Waals surface area contributed by atoms with Crippen LogP contribution < -0.4 is 36.0 Å². The first kappa shape index (κ1) is 32.0. The van der Waals surface area contributed by atoms with Gasteiger partial charge in [0.2, 0.25) is 17.6 Å². The summed E-state index contributed by atoms with van der Waals surface area (Å²) >= 11 is 5.97. The summed E-state index contributed by atoms with van der Waals surface area (Å²) in [5.41, 5.74) is 7.92. The number of rotatable bonds is 5. The van der Waals surface area contributed by atoms with E-state index in [1.807, 2.05) is 23.1 Å². The summed E-state index contributed by atoms with van der Waals surface area (Å²) in [5.74, 6) is 2.86. The van der Waals surface area contributed by atoms with Crippen LogP contribution in [0.1, 0.15) is 30.9 Å². The molecule has 1 amide bonds. The van der Waals surface area contributed by atoms with E-state index in [0.717, 1.165) is 55.7 Å². The molecule has 0 atom stereocenters. The molecule has 0 radical (unpaired) electrons. The number of carbonyl (C=O) groups excluding carboxylic acids is 1. The number of aromatic nitrogens is 4. The molecule has 0 bridgehead atoms. The number of nitrogens with one attached hydrogen (secondary N) is 2. The van der Waals surface area contributed by atoms with Crippen LogP contribution in [0.2, 0.25) is 5.02 Å². The number of nitriles is 2. The minimum Gasteiger partial charge on any atom is -0.378 e. The molecule has 4 aliphatic rings. The number of nitrogens with zero attached hydrogens (tertiary/aromatic N) is 10. The van der Waals surface area contributed by atoms with Gasteiger partial charge in [-0.1, -0.05) is 11.6 Å². The fraction of sp³-hybridized carbons (Fsp3) is 0.452. The van der Waals surface area contributed by atoms with Crippen LogP contribution >= 0.6 is 11.6 Å². The van der Waals surface area contributed by atoms with Crippen molar-refractivity contribution in [2.75, 3.05) is 102 Å². The molecule has 244 valence electrons. The van der Waals surface area contributed by atoms with E-state index in [-0.39, 0.29) is 24.1 Å². The number of piperidine rings is 1. The number of hydrogen-bond donors (Lipinski definition) is 3. The molecule has 4 aliphatic heterocycles. The fourth-order valence-electron chi connectivity index (χ4n) is 6.03. The maximum atomic E-state index is 12.3. The Morgan fingerprint density at radius 3 is 2.11 bits per heavy atom. The zero-order chi connectivity index (χ0) is 32.8. The van der Waals surface area contributed by atoms with E-state index in [1.54, 1.807) is 17.0 Å². The second-order valence-corrected chi connectivity index (χ2v) is 11.8. The molecule has 47 heavy (non-hydrogen) atoms. The number of morpholine rings is 1. The van der Waals surface area contributed by atoms with Gasteiger partial charge in [0.1, 0.15) is 30.1 Å². The predicted octanol–water partition coefficient (Wildman–Crippen LogP) is 2.46. The number of carbonyl (C=O) groups is 1. The van der Waals surface area contributed by atoms with E-state index in [4.69, 9.17) is 22.1 Å². The van der Waals surface area contributed by atoms with Crippen molar-refractivity contribution in [3.05, 3.63) is 40.9 Å². The van der Waals surface area contributed by atoms with Crippen LogP contribution in [0.4, 0.5) is 40.3 Å². The zero-order valence-electron chi connectivity index (χ0n) is 26.0. The van der Waals surface area contributed by atoms with Crippen LogP contribution in [-0.2, 0) is 9.53 Å². The van der Waals surface area contributed by atoms with Crippen molar-refractivity contribution < 1.29 is 9.53 Å². The van der Waals surface area contributed by atoms with Gasteiger partial charge >= 0.3 is 0 Å². The largest absolute Gasteiger partial charge is 0.378 e. The molecule has 0 saturated carbocycles. The molecule has 0 unspecified atom stereocenters. The Kier molecular flexibility index (Phi) is 9.97. The summed E-state index contributed by atoms with van der Waals surface area (Å²) in [6, 6.07) is 11.2. The summed E-state index contributed by atoms with van der Waals surface area (Å²) in [4.78, 5) is 38.0. The second kappa shape index (κ2) is 14.6. The van der Waals surface area contributed by atoms with Gasteiger partial charge in [0.05, 0.1) is 13.2 Å². The van der Waals surface area contributed by atoms with Gasteiger partial charge < -0.3 is 40.7 Å². The molecule has 16 heteroatoms. The van der Waals surface area contributed by atoms with Crippen LogP contribution in [0.3, 0.4) is 0 Å². The molecule has 2 fully saturated rings. The first-order chi connectivity index (χ1) is 23.0. The molecule has 15 nitrogen and oxygen atoms in total. The highest BCUT2D eigenvalue weighted by Gasteiger charge is 2.31. The summed E-state index contributed by atoms with van der Waals surface area (Å²) < 4.78 is 5.38. The highest BCUT2D eigenvalue weighted by molar-refractivity contribution is 6.30. The van der Waals surface area contributed by atoms with Gasteiger partial charge in [0.25, 0.3) is 0 Å². The maximum absolute atomic E-state index is 12.3. The van der Waals surface area contributed by atoms with Gasteiger partial charge in [0.15, 0.2) is 23.3 Å². The maximum Gasteiger partial charge on any atom is 0.244 e. The molecular weight excluding hydrogens is 622 g/mol. The van der Waals surface area contributed by atoms with E-state index in [1.165, 1.54) is 19.3 Å². The standard InChI is InChI=1S/C17H15ClN6O2.C14H21N7/c18-11-1-3-12(4-2-11)24-10-14(25)22-15-16(23-5-7-26-8-6-23)20-13(9-19)21-17(15)24;15-4-8-21-9-5-17-12-13(20-6-2-1-3-7-20)18-11(10-16)19-14(12)21/h1-4H,5-8,10H2,(H,22,25);17H,1-9,15H2. The number of amides is 1. The number of hydrogen-bond acceptors (Lipinski definition) is 14. The van der Waals surface area contributed by atoms with Gasteiger partial charge in [-0.2, -0.15) is 30.5 Å². The molecule has 4 N–H and O–H groups in total. The van der Waals surface area contributed by atoms with Crippen molar-refractivity contribution in [1.29, 1.82) is 10.5 Å². The van der Waals surface area contributed by atoms with Crippen LogP contribution in [0.5, 0.6) is 0 Å². The minimum absolute atomic E-state index is 0.0559. The Balaban J connectivity index is 0.000000168. The van der Waals surface area contributed by atoms with Crippen molar-refractivity contribution in [3.63, 3.8) is 0 Å². The topological polar surface area (TPSA) is 188 Å². The quantitative estimate of drug-likeness (QED) is 0.363. The van der Waals surface area contributed by atoms with E-state index in [2.05, 4.69) is 46.4 Å². The van der Waals surface area contributed by atoms with E-state index >= 15 is 0 Å². The van der Waals surface area contributed by atoms with E-state index < -0.39 is 0 Å². The monoisotopic (exact) mass is 657 g/mol. The second-order valence-electron chi connectivity index (χ2n) is 11.3. The Bertz CT molecular complexity index is 1680. The Morgan fingerprint density at radius 2 is 1.45 bits per heavy atom. The Morgan fingerprint density at radius 1 is 0.830 bits per heavy atom. The van der Waals surface area contributed by atoms with Crippen molar-refractivity contribution in [3.8, 4) is 12.1 Å². The van der Waals surface area contributed by atoms with E-state index in [9.17, 15) is 15.3 Å². The Hall–Kier alpha value is -4.96. The summed E-state index contributed by atoms with van der Waals surface area (Å²) in [5, 5.41) is 25.5. The molecular formula is C31H36ClN13O2. The molecule has 0 aliphatic carbocycles. The summed E-state index contributed by atoms with van der Waals surface area (Å²) in [7, 11) is 0. The van der Waals surface area contributed by atoms with E-state index in [0.29, 0.717) is 55.2 Å². The predicted molar refractivity (Wildman–Crippen MR) is 179 cm³/mol. The number of anilines is 7. The van der Waals surface area contributed by atoms with Crippen LogP contribution in [-0.4, -0.2) is 98.0 Å². The smallest absolute Gasteiger partial charge is 0.244 e. The number of nitrogens with two attached hydrogens (primary N) is 1. The van der Waals surface area contributed by atoms with Crippen LogP contribution in [0, 0.1) is 22.7 Å². The molecule has 7 rings (SSSR count). The van der Waals surface area contributed by atoms with Gasteiger partial charge in [-0.15, -0.1) is 0 Å². The number of ether oxygens (including phenoxy) is 1. The molecule has 1 aromatic carbocycles. The average molecular weight is 658 g/mol. The zero-order valence-corrected chi connectivity index (χ0v) is 26.7. The molecule has 2 saturated heterocycles. The lowest BCUT2D eigenvalue weighted by Gasteiger charge is -2.35. The fourth-order valence-corrected chi connectivity index (χ4v) is 6.16. The average Bonchev–Trinajstić information content (AvgIpc) is 3.12. The third-order valence-corrected chi connectivity index (χ3v) is 8.50. The summed E-state index contributed by atoms with van der Waals surface area (Å²) in [6.07, 6.45) is 3.61. The molecule has 6 heterocycles. The first-order valence-electron chi connectivity index (χ1n) is 15.7. The highest BCUT2D eigenvalue weighted by Crippen LogP contribution is 2.40. The SMILES string of the molecule is N#Cc1nc(N2CCCCC2)c2c(n1)N(CCN)CCN2.N#Cc1nc(N2CCOCC2)c2c(n1)N(c1ccc(Cl)cc1)CC(=O)N2. The van der Waals surface area contributed by atoms with Crippen molar-refractivity contribution in [2.45, 2.75) is 19.3 Å². The number of fused-ring (bicyclic) bond motifs is 2. The third-order valence-electron chi connectivity index (χ3n) is 8.25. The molecule has 0 spiro atoms. The van der Waals surface area contributed by atoms with Gasteiger partial charge in [-0.25, -0.2) is 0 Å². The van der Waals surface area contributed by atoms with Crippen molar-refractivity contribution in [1.82, 2.24) is 19.9 Å². The minimum atomic E-state index is -0.171. The highest BCUT2D eigenvalue weighted by atomic mass is 35.5. The van der Waals surface area contributed by atoms with Gasteiger partial charge in [0, 0.05) is 63.1 Å². The lowest BCUT2D eigenvalue weighted by molar-refractivity contribution is -0.115. The first-order valence-corrected chi connectivity index (χ1v) is 16.1. The Labute approximate surface area is 277 Å². The number of benzene rings is 1. The van der Waals surface area contributed by atoms with Gasteiger partial charge in [-0.3, -0.25) is 4.79 Å².